The van der Waals surface area contributed by atoms with Crippen LogP contribution in [-0.4, -0.2) is 17.7 Å². The summed E-state index contributed by atoms with van der Waals surface area (Å²) in [5.74, 6) is -0.622. The molecule has 5 heteroatoms. The minimum atomic E-state index is -1.24. The van der Waals surface area contributed by atoms with Crippen LogP contribution in [0.2, 0.25) is 0 Å². The molecule has 1 atom stereocenters. The summed E-state index contributed by atoms with van der Waals surface area (Å²) in [6.45, 7) is 1.97. The van der Waals surface area contributed by atoms with E-state index in [9.17, 15) is 9.90 Å². The number of rotatable bonds is 3. The summed E-state index contributed by atoms with van der Waals surface area (Å²) in [7, 11) is 0. The minimum absolute atomic E-state index is 0.258. The third-order valence-corrected chi connectivity index (χ3v) is 3.94. The molecule has 0 aliphatic carbocycles. The zero-order chi connectivity index (χ0) is 12.4. The van der Waals surface area contributed by atoms with Gasteiger partial charge in [-0.3, -0.25) is 0 Å². The van der Waals surface area contributed by atoms with Crippen LogP contribution >= 0.6 is 27.3 Å². The molecule has 1 N–H and O–H groups in total. The Bertz CT molecular complexity index is 550. The first-order valence-corrected chi connectivity index (χ1v) is 6.82. The van der Waals surface area contributed by atoms with E-state index in [1.165, 1.54) is 0 Å². The first kappa shape index (κ1) is 12.5. The summed E-state index contributed by atoms with van der Waals surface area (Å²) >= 11 is 4.97. The van der Waals surface area contributed by atoms with Gasteiger partial charge in [0.2, 0.25) is 0 Å². The smallest absolute Gasteiger partial charge is 0.339 e. The lowest BCUT2D eigenvalue weighted by atomic mass is 10.1. The molecular weight excluding hydrogens is 304 g/mol. The summed E-state index contributed by atoms with van der Waals surface area (Å²) in [5, 5.41) is 12.9. The molecule has 0 aliphatic heterocycles. The molecule has 1 aromatic heterocycles. The molecule has 2 aromatic rings. The quantitative estimate of drug-likeness (QED) is 0.884. The first-order chi connectivity index (χ1) is 8.13. The van der Waals surface area contributed by atoms with Gasteiger partial charge in [0.25, 0.3) is 0 Å². The van der Waals surface area contributed by atoms with Crippen molar-refractivity contribution >= 4 is 43.3 Å². The van der Waals surface area contributed by atoms with Crippen molar-refractivity contribution in [2.24, 2.45) is 0 Å². The molecule has 0 radical (unpaired) electrons. The largest absolute Gasteiger partial charge is 0.464 e. The van der Waals surface area contributed by atoms with Crippen molar-refractivity contribution in [2.75, 3.05) is 6.61 Å². The van der Waals surface area contributed by atoms with E-state index in [2.05, 4.69) is 15.9 Å². The topological polar surface area (TPSA) is 46.5 Å². The molecule has 2 rings (SSSR count). The lowest BCUT2D eigenvalue weighted by Crippen LogP contribution is -2.15. The number of aliphatic hydroxyl groups is 1. The van der Waals surface area contributed by atoms with Crippen molar-refractivity contribution in [3.05, 3.63) is 33.6 Å². The Hall–Kier alpha value is -0.910. The SMILES string of the molecule is CCOC(=O)C(O)c1cc2ccsc2cc1Br. The number of ether oxygens (including phenoxy) is 1. The maximum absolute atomic E-state index is 11.5. The van der Waals surface area contributed by atoms with Crippen LogP contribution in [-0.2, 0) is 9.53 Å². The van der Waals surface area contributed by atoms with E-state index >= 15 is 0 Å². The van der Waals surface area contributed by atoms with Gasteiger partial charge in [0, 0.05) is 14.7 Å². The van der Waals surface area contributed by atoms with E-state index in [-0.39, 0.29) is 6.61 Å². The van der Waals surface area contributed by atoms with Crippen LogP contribution in [0.5, 0.6) is 0 Å². The zero-order valence-corrected chi connectivity index (χ0v) is 11.5. The van der Waals surface area contributed by atoms with E-state index in [1.807, 2.05) is 17.5 Å². The summed E-state index contributed by atoms with van der Waals surface area (Å²) in [6.07, 6.45) is -1.24. The number of aliphatic hydroxyl groups excluding tert-OH is 1. The number of thiophene rings is 1. The predicted octanol–water partition coefficient (Wildman–Crippen LogP) is 3.26. The summed E-state index contributed by atoms with van der Waals surface area (Å²) in [4.78, 5) is 11.5. The second kappa shape index (κ2) is 5.16. The van der Waals surface area contributed by atoms with Crippen LogP contribution in [0.15, 0.2) is 28.1 Å². The second-order valence-electron chi connectivity index (χ2n) is 3.49. The van der Waals surface area contributed by atoms with Gasteiger partial charge >= 0.3 is 5.97 Å². The van der Waals surface area contributed by atoms with Crippen molar-refractivity contribution in [3.63, 3.8) is 0 Å². The fraction of sp³-hybridized carbons (Fsp3) is 0.250. The normalized spacial score (nSPS) is 12.6. The van der Waals surface area contributed by atoms with Gasteiger partial charge in [-0.05, 0) is 35.9 Å². The number of hydrogen-bond acceptors (Lipinski definition) is 4. The van der Waals surface area contributed by atoms with E-state index in [1.54, 1.807) is 24.3 Å². The molecule has 0 aliphatic rings. The third-order valence-electron chi connectivity index (χ3n) is 2.38. The average molecular weight is 315 g/mol. The molecular formula is C12H11BrO3S. The Labute approximate surface area is 111 Å². The Kier molecular flexibility index (Phi) is 3.81. The maximum Gasteiger partial charge on any atom is 0.339 e. The molecule has 0 saturated heterocycles. The zero-order valence-electron chi connectivity index (χ0n) is 9.14. The van der Waals surface area contributed by atoms with E-state index in [0.29, 0.717) is 10.0 Å². The molecule has 1 aromatic carbocycles. The lowest BCUT2D eigenvalue weighted by Gasteiger charge is -2.11. The van der Waals surface area contributed by atoms with Crippen molar-refractivity contribution < 1.29 is 14.6 Å². The van der Waals surface area contributed by atoms with E-state index in [4.69, 9.17) is 4.74 Å². The van der Waals surface area contributed by atoms with Crippen LogP contribution in [0.4, 0.5) is 0 Å². The lowest BCUT2D eigenvalue weighted by molar-refractivity contribution is -0.153. The summed E-state index contributed by atoms with van der Waals surface area (Å²) in [6, 6.07) is 5.66. The van der Waals surface area contributed by atoms with Crippen molar-refractivity contribution in [3.8, 4) is 0 Å². The van der Waals surface area contributed by atoms with Crippen molar-refractivity contribution in [1.82, 2.24) is 0 Å². The predicted molar refractivity (Wildman–Crippen MR) is 71.1 cm³/mol. The standard InChI is InChI=1S/C12H11BrO3S/c1-2-16-12(15)11(14)8-5-7-3-4-17-10(7)6-9(8)13/h3-6,11,14H,2H2,1H3. The fourth-order valence-corrected chi connectivity index (χ4v) is 3.08. The van der Waals surface area contributed by atoms with Crippen LogP contribution in [0, 0.1) is 0 Å². The van der Waals surface area contributed by atoms with Gasteiger partial charge in [-0.25, -0.2) is 4.79 Å². The Morgan fingerprint density at radius 3 is 3.06 bits per heavy atom. The summed E-state index contributed by atoms with van der Waals surface area (Å²) < 4.78 is 6.62. The van der Waals surface area contributed by atoms with Gasteiger partial charge in [0.1, 0.15) is 0 Å². The Balaban J connectivity index is 2.39. The highest BCUT2D eigenvalue weighted by atomic mass is 79.9. The van der Waals surface area contributed by atoms with Gasteiger partial charge in [0.05, 0.1) is 6.61 Å². The molecule has 0 saturated carbocycles. The second-order valence-corrected chi connectivity index (χ2v) is 5.29. The van der Waals surface area contributed by atoms with Crippen molar-refractivity contribution in [2.45, 2.75) is 13.0 Å². The third kappa shape index (κ3) is 2.51. The number of benzene rings is 1. The molecule has 0 fully saturated rings. The fourth-order valence-electron chi connectivity index (χ4n) is 1.56. The average Bonchev–Trinajstić information content (AvgIpc) is 2.74. The van der Waals surface area contributed by atoms with E-state index < -0.39 is 12.1 Å². The highest BCUT2D eigenvalue weighted by molar-refractivity contribution is 9.10. The van der Waals surface area contributed by atoms with Gasteiger partial charge in [-0.1, -0.05) is 15.9 Å². The monoisotopic (exact) mass is 314 g/mol. The van der Waals surface area contributed by atoms with Gasteiger partial charge in [-0.2, -0.15) is 0 Å². The molecule has 0 amide bonds. The number of carbonyl (C=O) groups excluding carboxylic acids is 1. The molecule has 0 spiro atoms. The highest BCUT2D eigenvalue weighted by Gasteiger charge is 2.21. The molecule has 17 heavy (non-hydrogen) atoms. The number of esters is 1. The van der Waals surface area contributed by atoms with Gasteiger partial charge in [0.15, 0.2) is 6.10 Å². The van der Waals surface area contributed by atoms with Gasteiger partial charge in [-0.15, -0.1) is 11.3 Å². The van der Waals surface area contributed by atoms with E-state index in [0.717, 1.165) is 10.1 Å². The highest BCUT2D eigenvalue weighted by Crippen LogP contribution is 2.32. The van der Waals surface area contributed by atoms with Crippen LogP contribution < -0.4 is 0 Å². The molecule has 1 unspecified atom stereocenters. The van der Waals surface area contributed by atoms with Crippen molar-refractivity contribution in [1.29, 1.82) is 0 Å². The van der Waals surface area contributed by atoms with Gasteiger partial charge < -0.3 is 9.84 Å². The Morgan fingerprint density at radius 1 is 1.59 bits per heavy atom. The minimum Gasteiger partial charge on any atom is -0.464 e. The molecule has 0 bridgehead atoms. The number of halogens is 1. The molecule has 3 nitrogen and oxygen atoms in total. The molecule has 90 valence electrons. The molecule has 1 heterocycles. The first-order valence-electron chi connectivity index (χ1n) is 5.15. The van der Waals surface area contributed by atoms with Crippen LogP contribution in [0.25, 0.3) is 10.1 Å². The van der Waals surface area contributed by atoms with Crippen LogP contribution in [0.3, 0.4) is 0 Å². The number of fused-ring (bicyclic) bond motifs is 1. The number of hydrogen-bond donors (Lipinski definition) is 1. The Morgan fingerprint density at radius 2 is 2.35 bits per heavy atom. The van der Waals surface area contributed by atoms with Crippen LogP contribution in [0.1, 0.15) is 18.6 Å². The number of carbonyl (C=O) groups is 1. The summed E-state index contributed by atoms with van der Waals surface area (Å²) in [5.41, 5.74) is 0.536. The maximum atomic E-state index is 11.5.